The lowest BCUT2D eigenvalue weighted by Gasteiger charge is -2.02. The summed E-state index contributed by atoms with van der Waals surface area (Å²) in [5.74, 6) is 0.859. The fraction of sp³-hybridized carbons (Fsp3) is 0.111. The first-order valence-corrected chi connectivity index (χ1v) is 4.52. The average molecular weight is 223 g/mol. The number of methoxy groups -OCH3 is 1. The number of halogens is 1. The molecule has 0 N–H and O–H groups in total. The van der Waals surface area contributed by atoms with E-state index in [2.05, 4.69) is 19.9 Å². The summed E-state index contributed by atoms with van der Waals surface area (Å²) >= 11 is 5.86. The SMILES string of the molecule is COc1cnc(-c2cnccn2)nc1Cl. The lowest BCUT2D eigenvalue weighted by Crippen LogP contribution is -1.95. The van der Waals surface area contributed by atoms with Crippen molar-refractivity contribution in [3.8, 4) is 17.3 Å². The monoisotopic (exact) mass is 222 g/mol. The Morgan fingerprint density at radius 3 is 2.67 bits per heavy atom. The van der Waals surface area contributed by atoms with Crippen LogP contribution in [0.3, 0.4) is 0 Å². The molecule has 0 bridgehead atoms. The van der Waals surface area contributed by atoms with Crippen LogP contribution in [-0.2, 0) is 0 Å². The number of hydrogen-bond donors (Lipinski definition) is 0. The van der Waals surface area contributed by atoms with E-state index >= 15 is 0 Å². The Kier molecular flexibility index (Phi) is 2.73. The first kappa shape index (κ1) is 9.79. The van der Waals surface area contributed by atoms with Crippen LogP contribution in [-0.4, -0.2) is 27.0 Å². The lowest BCUT2D eigenvalue weighted by atomic mass is 10.4. The molecule has 0 spiro atoms. The van der Waals surface area contributed by atoms with Gasteiger partial charge in [-0.3, -0.25) is 4.98 Å². The van der Waals surface area contributed by atoms with Gasteiger partial charge in [-0.15, -0.1) is 0 Å². The van der Waals surface area contributed by atoms with Gasteiger partial charge in [-0.1, -0.05) is 11.6 Å². The summed E-state index contributed by atoms with van der Waals surface area (Å²) in [6.45, 7) is 0. The van der Waals surface area contributed by atoms with Gasteiger partial charge >= 0.3 is 0 Å². The van der Waals surface area contributed by atoms with Crippen LogP contribution >= 0.6 is 11.6 Å². The Morgan fingerprint density at radius 1 is 1.20 bits per heavy atom. The molecular weight excluding hydrogens is 216 g/mol. The van der Waals surface area contributed by atoms with Crippen molar-refractivity contribution in [2.75, 3.05) is 7.11 Å². The zero-order chi connectivity index (χ0) is 10.7. The molecule has 0 saturated heterocycles. The summed E-state index contributed by atoms with van der Waals surface area (Å²) in [5.41, 5.74) is 0.571. The van der Waals surface area contributed by atoms with Crippen molar-refractivity contribution in [2.45, 2.75) is 0 Å². The van der Waals surface area contributed by atoms with E-state index in [1.54, 1.807) is 18.6 Å². The summed E-state index contributed by atoms with van der Waals surface area (Å²) < 4.78 is 4.94. The molecule has 2 aromatic heterocycles. The second-order valence-corrected chi connectivity index (χ2v) is 3.00. The van der Waals surface area contributed by atoms with Gasteiger partial charge in [0.25, 0.3) is 0 Å². The average Bonchev–Trinajstić information content (AvgIpc) is 2.30. The smallest absolute Gasteiger partial charge is 0.181 e. The van der Waals surface area contributed by atoms with Crippen molar-refractivity contribution in [3.05, 3.63) is 29.9 Å². The molecule has 0 aliphatic heterocycles. The van der Waals surface area contributed by atoms with Gasteiger partial charge in [0.15, 0.2) is 16.7 Å². The minimum atomic E-state index is 0.258. The highest BCUT2D eigenvalue weighted by Gasteiger charge is 2.07. The van der Waals surface area contributed by atoms with Gasteiger partial charge in [0, 0.05) is 12.4 Å². The third kappa shape index (κ3) is 2.02. The minimum Gasteiger partial charge on any atom is -0.492 e. The molecule has 0 aromatic carbocycles. The molecule has 76 valence electrons. The fourth-order valence-corrected chi connectivity index (χ4v) is 1.23. The Labute approximate surface area is 91.1 Å². The standard InChI is InChI=1S/C9H7ClN4O/c1-15-7-5-13-9(14-8(7)10)6-4-11-2-3-12-6/h2-5H,1H3. The molecule has 0 amide bonds. The van der Waals surface area contributed by atoms with E-state index < -0.39 is 0 Å². The van der Waals surface area contributed by atoms with Gasteiger partial charge in [-0.05, 0) is 0 Å². The van der Waals surface area contributed by atoms with E-state index in [1.165, 1.54) is 13.3 Å². The van der Waals surface area contributed by atoms with Gasteiger partial charge in [-0.25, -0.2) is 15.0 Å². The molecule has 0 fully saturated rings. The first-order chi connectivity index (χ1) is 7.31. The van der Waals surface area contributed by atoms with E-state index in [4.69, 9.17) is 16.3 Å². The van der Waals surface area contributed by atoms with Crippen molar-refractivity contribution in [3.63, 3.8) is 0 Å². The van der Waals surface area contributed by atoms with Crippen molar-refractivity contribution >= 4 is 11.6 Å². The predicted octanol–water partition coefficient (Wildman–Crippen LogP) is 1.60. The highest BCUT2D eigenvalue weighted by Crippen LogP contribution is 2.22. The lowest BCUT2D eigenvalue weighted by molar-refractivity contribution is 0.411. The van der Waals surface area contributed by atoms with Crippen molar-refractivity contribution in [1.29, 1.82) is 0 Å². The molecule has 0 aliphatic rings. The van der Waals surface area contributed by atoms with Gasteiger partial charge in [0.2, 0.25) is 0 Å². The van der Waals surface area contributed by atoms with E-state index in [1.807, 2.05) is 0 Å². The zero-order valence-corrected chi connectivity index (χ0v) is 8.64. The Morgan fingerprint density at radius 2 is 2.07 bits per heavy atom. The maximum absolute atomic E-state index is 5.86. The van der Waals surface area contributed by atoms with Gasteiger partial charge in [-0.2, -0.15) is 0 Å². The molecular formula is C9H7ClN4O. The molecule has 0 saturated carbocycles. The first-order valence-electron chi connectivity index (χ1n) is 4.14. The molecule has 0 radical (unpaired) electrons. The Bertz CT molecular complexity index is 463. The topological polar surface area (TPSA) is 60.8 Å². The summed E-state index contributed by atoms with van der Waals surface area (Å²) in [7, 11) is 1.51. The molecule has 2 rings (SSSR count). The number of ether oxygens (including phenoxy) is 1. The quantitative estimate of drug-likeness (QED) is 0.723. The van der Waals surface area contributed by atoms with Crippen LogP contribution < -0.4 is 4.74 Å². The van der Waals surface area contributed by atoms with Gasteiger partial charge in [0.05, 0.1) is 19.5 Å². The van der Waals surface area contributed by atoms with Crippen LogP contribution in [0.25, 0.3) is 11.5 Å². The number of nitrogens with zero attached hydrogens (tertiary/aromatic N) is 4. The second kappa shape index (κ2) is 4.18. The molecule has 15 heavy (non-hydrogen) atoms. The highest BCUT2D eigenvalue weighted by molar-refractivity contribution is 6.30. The predicted molar refractivity (Wildman–Crippen MR) is 54.6 cm³/mol. The van der Waals surface area contributed by atoms with E-state index in [9.17, 15) is 0 Å². The summed E-state index contributed by atoms with van der Waals surface area (Å²) in [5, 5.41) is 0.258. The zero-order valence-electron chi connectivity index (χ0n) is 7.88. The van der Waals surface area contributed by atoms with Crippen LogP contribution in [0.5, 0.6) is 5.75 Å². The van der Waals surface area contributed by atoms with Crippen LogP contribution in [0.4, 0.5) is 0 Å². The number of rotatable bonds is 2. The number of hydrogen-bond acceptors (Lipinski definition) is 5. The van der Waals surface area contributed by atoms with Crippen LogP contribution in [0.15, 0.2) is 24.8 Å². The largest absolute Gasteiger partial charge is 0.492 e. The van der Waals surface area contributed by atoms with E-state index in [0.29, 0.717) is 17.3 Å². The maximum atomic E-state index is 5.86. The van der Waals surface area contributed by atoms with Gasteiger partial charge < -0.3 is 4.74 Å². The molecule has 0 atom stereocenters. The van der Waals surface area contributed by atoms with Gasteiger partial charge in [0.1, 0.15) is 5.69 Å². The van der Waals surface area contributed by atoms with Crippen molar-refractivity contribution < 1.29 is 4.74 Å². The molecule has 5 nitrogen and oxygen atoms in total. The second-order valence-electron chi connectivity index (χ2n) is 2.64. The number of aromatic nitrogens is 4. The molecule has 2 aromatic rings. The third-order valence-electron chi connectivity index (χ3n) is 1.72. The third-order valence-corrected chi connectivity index (χ3v) is 1.99. The molecule has 6 heteroatoms. The maximum Gasteiger partial charge on any atom is 0.181 e. The molecule has 0 unspecified atom stereocenters. The van der Waals surface area contributed by atoms with Crippen molar-refractivity contribution in [1.82, 2.24) is 19.9 Å². The van der Waals surface area contributed by atoms with E-state index in [0.717, 1.165) is 0 Å². The molecule has 2 heterocycles. The fourth-order valence-electron chi connectivity index (χ4n) is 1.02. The van der Waals surface area contributed by atoms with Crippen LogP contribution in [0, 0.1) is 0 Å². The minimum absolute atomic E-state index is 0.258. The normalized spacial score (nSPS) is 10.0. The van der Waals surface area contributed by atoms with Crippen molar-refractivity contribution in [2.24, 2.45) is 0 Å². The Balaban J connectivity index is 2.43. The summed E-state index contributed by atoms with van der Waals surface area (Å²) in [4.78, 5) is 16.1. The summed E-state index contributed by atoms with van der Waals surface area (Å²) in [6, 6.07) is 0. The van der Waals surface area contributed by atoms with E-state index in [-0.39, 0.29) is 5.15 Å². The highest BCUT2D eigenvalue weighted by atomic mass is 35.5. The molecule has 0 aliphatic carbocycles. The van der Waals surface area contributed by atoms with Crippen LogP contribution in [0.1, 0.15) is 0 Å². The van der Waals surface area contributed by atoms with Crippen LogP contribution in [0.2, 0.25) is 5.15 Å². The Hall–Kier alpha value is -1.75. The summed E-state index contributed by atoms with van der Waals surface area (Å²) in [6.07, 6.45) is 6.21.